The Bertz CT molecular complexity index is 518. The van der Waals surface area contributed by atoms with Crippen molar-refractivity contribution >= 4 is 29.0 Å². The molecular weight excluding hydrogens is 302 g/mol. The molecule has 2 amide bonds. The fourth-order valence-corrected chi connectivity index (χ4v) is 2.59. The Morgan fingerprint density at radius 2 is 2.09 bits per heavy atom. The molecule has 2 N–H and O–H groups in total. The minimum atomic E-state index is -0.0918. The SMILES string of the molecule is CN(C)c1ccc(Cl)cc1NC(=O)N(CCCCO)C1CC1. The summed E-state index contributed by atoms with van der Waals surface area (Å²) >= 11 is 6.05. The summed E-state index contributed by atoms with van der Waals surface area (Å²) in [4.78, 5) is 16.4. The van der Waals surface area contributed by atoms with E-state index in [1.165, 1.54) is 0 Å². The zero-order valence-electron chi connectivity index (χ0n) is 13.2. The normalized spacial score (nSPS) is 13.8. The van der Waals surface area contributed by atoms with E-state index in [9.17, 15) is 4.79 Å². The zero-order valence-corrected chi connectivity index (χ0v) is 13.9. The van der Waals surface area contributed by atoms with Gasteiger partial charge in [0, 0.05) is 38.3 Å². The van der Waals surface area contributed by atoms with E-state index in [-0.39, 0.29) is 12.6 Å². The van der Waals surface area contributed by atoms with E-state index in [4.69, 9.17) is 16.7 Å². The van der Waals surface area contributed by atoms with Crippen LogP contribution in [0.5, 0.6) is 0 Å². The highest BCUT2D eigenvalue weighted by Crippen LogP contribution is 2.31. The highest BCUT2D eigenvalue weighted by atomic mass is 35.5. The van der Waals surface area contributed by atoms with Gasteiger partial charge in [-0.3, -0.25) is 0 Å². The topological polar surface area (TPSA) is 55.8 Å². The maximum absolute atomic E-state index is 12.6. The van der Waals surface area contributed by atoms with Gasteiger partial charge in [-0.1, -0.05) is 11.6 Å². The van der Waals surface area contributed by atoms with Crippen LogP contribution in [0.4, 0.5) is 16.2 Å². The van der Waals surface area contributed by atoms with Crippen LogP contribution >= 0.6 is 11.6 Å². The molecule has 0 radical (unpaired) electrons. The molecule has 1 aliphatic carbocycles. The second-order valence-corrected chi connectivity index (χ2v) is 6.28. The number of anilines is 2. The molecule has 5 nitrogen and oxygen atoms in total. The molecule has 122 valence electrons. The van der Waals surface area contributed by atoms with Gasteiger partial charge in [0.25, 0.3) is 0 Å². The lowest BCUT2D eigenvalue weighted by Gasteiger charge is -2.25. The van der Waals surface area contributed by atoms with E-state index in [2.05, 4.69) is 5.32 Å². The van der Waals surface area contributed by atoms with Crippen LogP contribution in [0, 0.1) is 0 Å². The first kappa shape index (κ1) is 16.9. The lowest BCUT2D eigenvalue weighted by atomic mass is 10.2. The summed E-state index contributed by atoms with van der Waals surface area (Å²) in [6, 6.07) is 5.72. The monoisotopic (exact) mass is 325 g/mol. The summed E-state index contributed by atoms with van der Waals surface area (Å²) in [6.45, 7) is 0.841. The first-order valence-electron chi connectivity index (χ1n) is 7.68. The summed E-state index contributed by atoms with van der Waals surface area (Å²) in [7, 11) is 3.86. The number of unbranched alkanes of at least 4 members (excludes halogenated alkanes) is 1. The molecule has 1 aromatic carbocycles. The maximum atomic E-state index is 12.6. The van der Waals surface area contributed by atoms with Crippen LogP contribution in [0.15, 0.2) is 18.2 Å². The molecule has 1 saturated carbocycles. The van der Waals surface area contributed by atoms with E-state index in [0.29, 0.717) is 17.6 Å². The van der Waals surface area contributed by atoms with Gasteiger partial charge in [-0.15, -0.1) is 0 Å². The molecule has 0 aromatic heterocycles. The van der Waals surface area contributed by atoms with Crippen LogP contribution < -0.4 is 10.2 Å². The number of nitrogens with one attached hydrogen (secondary N) is 1. The quantitative estimate of drug-likeness (QED) is 0.757. The second-order valence-electron chi connectivity index (χ2n) is 5.84. The number of hydrogen-bond acceptors (Lipinski definition) is 3. The predicted octanol–water partition coefficient (Wildman–Crippen LogP) is 3.17. The highest BCUT2D eigenvalue weighted by molar-refractivity contribution is 6.31. The summed E-state index contributed by atoms with van der Waals surface area (Å²) in [5.41, 5.74) is 1.64. The Morgan fingerprint density at radius 3 is 2.68 bits per heavy atom. The third kappa shape index (κ3) is 4.52. The largest absolute Gasteiger partial charge is 0.396 e. The number of carbonyl (C=O) groups is 1. The third-order valence-electron chi connectivity index (χ3n) is 3.74. The summed E-state index contributed by atoms with van der Waals surface area (Å²) in [5, 5.41) is 12.5. The molecule has 1 fully saturated rings. The first-order chi connectivity index (χ1) is 10.5. The molecule has 0 spiro atoms. The molecule has 1 aromatic rings. The van der Waals surface area contributed by atoms with Crippen LogP contribution in [-0.2, 0) is 0 Å². The molecule has 1 aliphatic rings. The van der Waals surface area contributed by atoms with Crippen molar-refractivity contribution in [2.75, 3.05) is 37.5 Å². The average molecular weight is 326 g/mol. The maximum Gasteiger partial charge on any atom is 0.322 e. The fourth-order valence-electron chi connectivity index (χ4n) is 2.42. The fraction of sp³-hybridized carbons (Fsp3) is 0.562. The smallest absolute Gasteiger partial charge is 0.322 e. The van der Waals surface area contributed by atoms with Crippen molar-refractivity contribution in [2.24, 2.45) is 0 Å². The number of urea groups is 1. The van der Waals surface area contributed by atoms with Crippen LogP contribution in [0.3, 0.4) is 0 Å². The number of aliphatic hydroxyl groups is 1. The van der Waals surface area contributed by atoms with Gasteiger partial charge in [-0.25, -0.2) is 4.79 Å². The van der Waals surface area contributed by atoms with Crippen LogP contribution in [0.1, 0.15) is 25.7 Å². The van der Waals surface area contributed by atoms with E-state index in [0.717, 1.165) is 37.1 Å². The van der Waals surface area contributed by atoms with E-state index in [1.807, 2.05) is 36.0 Å². The lowest BCUT2D eigenvalue weighted by molar-refractivity contribution is 0.204. The third-order valence-corrected chi connectivity index (χ3v) is 3.97. The Labute approximate surface area is 136 Å². The lowest BCUT2D eigenvalue weighted by Crippen LogP contribution is -2.37. The van der Waals surface area contributed by atoms with Gasteiger partial charge in [0.1, 0.15) is 0 Å². The van der Waals surface area contributed by atoms with Gasteiger partial charge in [0.05, 0.1) is 11.4 Å². The van der Waals surface area contributed by atoms with E-state index in [1.54, 1.807) is 6.07 Å². The Balaban J connectivity index is 2.07. The molecule has 0 bridgehead atoms. The minimum absolute atomic E-state index is 0.0918. The second kappa shape index (κ2) is 7.70. The summed E-state index contributed by atoms with van der Waals surface area (Å²) in [6.07, 6.45) is 3.65. The van der Waals surface area contributed by atoms with Crippen molar-refractivity contribution in [1.82, 2.24) is 4.90 Å². The number of hydrogen-bond donors (Lipinski definition) is 2. The highest BCUT2D eigenvalue weighted by Gasteiger charge is 2.32. The number of nitrogens with zero attached hydrogens (tertiary/aromatic N) is 2. The number of aliphatic hydroxyl groups excluding tert-OH is 1. The molecule has 0 aliphatic heterocycles. The van der Waals surface area contributed by atoms with Crippen LogP contribution in [0.25, 0.3) is 0 Å². The van der Waals surface area contributed by atoms with Crippen LogP contribution in [-0.4, -0.2) is 49.3 Å². The van der Waals surface area contributed by atoms with Gasteiger partial charge in [-0.05, 0) is 43.9 Å². The molecule has 0 unspecified atom stereocenters. The van der Waals surface area contributed by atoms with Crippen molar-refractivity contribution in [3.8, 4) is 0 Å². The Hall–Kier alpha value is -1.46. The van der Waals surface area contributed by atoms with Crippen molar-refractivity contribution in [2.45, 2.75) is 31.7 Å². The molecule has 22 heavy (non-hydrogen) atoms. The first-order valence-corrected chi connectivity index (χ1v) is 8.06. The molecule has 6 heteroatoms. The molecule has 2 rings (SSSR count). The molecule has 0 heterocycles. The number of benzene rings is 1. The van der Waals surface area contributed by atoms with Crippen molar-refractivity contribution in [1.29, 1.82) is 0 Å². The minimum Gasteiger partial charge on any atom is -0.396 e. The van der Waals surface area contributed by atoms with Gasteiger partial charge in [0.2, 0.25) is 0 Å². The number of rotatable bonds is 7. The van der Waals surface area contributed by atoms with Crippen LogP contribution in [0.2, 0.25) is 5.02 Å². The molecule has 0 saturated heterocycles. The predicted molar refractivity (Wildman–Crippen MR) is 90.8 cm³/mol. The summed E-state index contributed by atoms with van der Waals surface area (Å²) in [5.74, 6) is 0. The zero-order chi connectivity index (χ0) is 16.1. The van der Waals surface area contributed by atoms with Crippen molar-refractivity contribution in [3.63, 3.8) is 0 Å². The number of amides is 2. The molecular formula is C16H24ClN3O2. The van der Waals surface area contributed by atoms with Gasteiger partial charge >= 0.3 is 6.03 Å². The van der Waals surface area contributed by atoms with Crippen molar-refractivity contribution in [3.05, 3.63) is 23.2 Å². The number of carbonyl (C=O) groups excluding carboxylic acids is 1. The average Bonchev–Trinajstić information content (AvgIpc) is 3.27. The van der Waals surface area contributed by atoms with Gasteiger partial charge < -0.3 is 20.2 Å². The Morgan fingerprint density at radius 1 is 1.36 bits per heavy atom. The standard InChI is InChI=1S/C16H24ClN3O2/c1-19(2)15-8-5-12(17)11-14(15)18-16(22)20(13-6-7-13)9-3-4-10-21/h5,8,11,13,21H,3-4,6-7,9-10H2,1-2H3,(H,18,22). The van der Waals surface area contributed by atoms with Gasteiger partial charge in [0.15, 0.2) is 0 Å². The van der Waals surface area contributed by atoms with E-state index >= 15 is 0 Å². The van der Waals surface area contributed by atoms with E-state index < -0.39 is 0 Å². The summed E-state index contributed by atoms with van der Waals surface area (Å²) < 4.78 is 0. The Kier molecular flexibility index (Phi) is 5.91. The molecule has 0 atom stereocenters. The van der Waals surface area contributed by atoms with Crippen molar-refractivity contribution < 1.29 is 9.90 Å². The number of halogens is 1. The van der Waals surface area contributed by atoms with Gasteiger partial charge in [-0.2, -0.15) is 0 Å².